The molecule has 0 saturated heterocycles. The molecule has 1 atom stereocenters. The van der Waals surface area contributed by atoms with Crippen LogP contribution in [-0.2, 0) is 4.79 Å². The number of alkyl halides is 1. The van der Waals surface area contributed by atoms with E-state index < -0.39 is 0 Å². The van der Waals surface area contributed by atoms with Crippen molar-refractivity contribution in [1.29, 1.82) is 0 Å². The molecule has 0 spiro atoms. The predicted molar refractivity (Wildman–Crippen MR) is 61.8 cm³/mol. The minimum absolute atomic E-state index is 0.0441. The molecule has 76 valence electrons. The molecular weight excluding hydrogens is 265 g/mol. The maximum atomic E-state index is 11.1. The quantitative estimate of drug-likeness (QED) is 0.845. The number of halogens is 2. The first-order valence-corrected chi connectivity index (χ1v) is 5.75. The molecular formula is C10H11BrClNO. The number of benzene rings is 1. The molecule has 0 aromatic heterocycles. The molecule has 0 aliphatic heterocycles. The van der Waals surface area contributed by atoms with Gasteiger partial charge in [-0.25, -0.2) is 0 Å². The summed E-state index contributed by atoms with van der Waals surface area (Å²) in [6, 6.07) is 7.42. The minimum atomic E-state index is -0.0613. The third kappa shape index (κ3) is 3.00. The lowest BCUT2D eigenvalue weighted by molar-refractivity contribution is -0.119. The highest BCUT2D eigenvalue weighted by molar-refractivity contribution is 9.09. The van der Waals surface area contributed by atoms with Gasteiger partial charge >= 0.3 is 0 Å². The molecule has 0 unspecified atom stereocenters. The van der Waals surface area contributed by atoms with Crippen LogP contribution in [0.5, 0.6) is 0 Å². The molecule has 1 N–H and O–H groups in total. The summed E-state index contributed by atoms with van der Waals surface area (Å²) < 4.78 is 0. The molecule has 4 heteroatoms. The molecule has 0 radical (unpaired) electrons. The zero-order valence-corrected chi connectivity index (χ0v) is 10.1. The van der Waals surface area contributed by atoms with Gasteiger partial charge in [-0.3, -0.25) is 4.79 Å². The molecule has 1 aromatic carbocycles. The second-order valence-corrected chi connectivity index (χ2v) is 3.91. The highest BCUT2D eigenvalue weighted by atomic mass is 79.9. The molecule has 1 aromatic rings. The Bertz CT molecular complexity index is 330. The largest absolute Gasteiger partial charge is 0.349 e. The van der Waals surface area contributed by atoms with Crippen LogP contribution in [0, 0.1) is 0 Å². The highest BCUT2D eigenvalue weighted by Gasteiger charge is 2.10. The monoisotopic (exact) mass is 275 g/mol. The fourth-order valence-electron chi connectivity index (χ4n) is 1.18. The van der Waals surface area contributed by atoms with Crippen LogP contribution in [0.1, 0.15) is 18.5 Å². The molecule has 2 nitrogen and oxygen atoms in total. The summed E-state index contributed by atoms with van der Waals surface area (Å²) in [5.41, 5.74) is 0.934. The van der Waals surface area contributed by atoms with Crippen molar-refractivity contribution in [2.75, 3.05) is 5.33 Å². The zero-order valence-electron chi connectivity index (χ0n) is 7.76. The Kier molecular flexibility index (Phi) is 4.42. The van der Waals surface area contributed by atoms with Gasteiger partial charge in [0.25, 0.3) is 0 Å². The SMILES string of the molecule is C[C@H](NC(=O)CBr)c1ccccc1Cl. The maximum absolute atomic E-state index is 11.1. The standard InChI is InChI=1S/C10H11BrClNO/c1-7(13-10(14)6-11)8-4-2-3-5-9(8)12/h2-5,7H,6H2,1H3,(H,13,14)/t7-/m0/s1. The summed E-state index contributed by atoms with van der Waals surface area (Å²) in [4.78, 5) is 11.1. The van der Waals surface area contributed by atoms with E-state index in [0.717, 1.165) is 5.56 Å². The third-order valence-electron chi connectivity index (χ3n) is 1.87. The summed E-state index contributed by atoms with van der Waals surface area (Å²) in [5.74, 6) is -0.0441. The lowest BCUT2D eigenvalue weighted by atomic mass is 10.1. The van der Waals surface area contributed by atoms with Gasteiger partial charge in [0.15, 0.2) is 0 Å². The van der Waals surface area contributed by atoms with Gasteiger partial charge < -0.3 is 5.32 Å². The predicted octanol–water partition coefficient (Wildman–Crippen LogP) is 2.91. The van der Waals surface area contributed by atoms with Gasteiger partial charge in [-0.2, -0.15) is 0 Å². The molecule has 1 rings (SSSR count). The van der Waals surface area contributed by atoms with Crippen molar-refractivity contribution in [3.63, 3.8) is 0 Å². The third-order valence-corrected chi connectivity index (χ3v) is 2.72. The van der Waals surface area contributed by atoms with E-state index in [-0.39, 0.29) is 11.9 Å². The Morgan fingerprint density at radius 1 is 1.57 bits per heavy atom. The molecule has 0 bridgehead atoms. The fourth-order valence-corrected chi connectivity index (χ4v) is 1.65. The molecule has 0 aliphatic carbocycles. The first-order valence-electron chi connectivity index (χ1n) is 4.25. The van der Waals surface area contributed by atoms with Crippen LogP contribution in [0.15, 0.2) is 24.3 Å². The number of carbonyl (C=O) groups is 1. The Morgan fingerprint density at radius 2 is 2.21 bits per heavy atom. The number of hydrogen-bond acceptors (Lipinski definition) is 1. The van der Waals surface area contributed by atoms with Crippen LogP contribution in [-0.4, -0.2) is 11.2 Å². The first-order chi connectivity index (χ1) is 6.65. The van der Waals surface area contributed by atoms with Crippen LogP contribution >= 0.6 is 27.5 Å². The lowest BCUT2D eigenvalue weighted by Crippen LogP contribution is -2.27. The van der Waals surface area contributed by atoms with E-state index in [9.17, 15) is 4.79 Å². The minimum Gasteiger partial charge on any atom is -0.349 e. The molecule has 0 aliphatic rings. The topological polar surface area (TPSA) is 29.1 Å². The normalized spacial score (nSPS) is 12.2. The summed E-state index contributed by atoms with van der Waals surface area (Å²) in [7, 11) is 0. The van der Waals surface area contributed by atoms with E-state index in [1.54, 1.807) is 0 Å². The zero-order chi connectivity index (χ0) is 10.6. The van der Waals surface area contributed by atoms with Crippen LogP contribution < -0.4 is 5.32 Å². The van der Waals surface area contributed by atoms with Gasteiger partial charge in [-0.1, -0.05) is 45.7 Å². The molecule has 1 amide bonds. The van der Waals surface area contributed by atoms with Gasteiger partial charge in [0.05, 0.1) is 11.4 Å². The Morgan fingerprint density at radius 3 is 2.79 bits per heavy atom. The van der Waals surface area contributed by atoms with Crippen LogP contribution in [0.4, 0.5) is 0 Å². The highest BCUT2D eigenvalue weighted by Crippen LogP contribution is 2.21. The smallest absolute Gasteiger partial charge is 0.231 e. The lowest BCUT2D eigenvalue weighted by Gasteiger charge is -2.14. The summed E-state index contributed by atoms with van der Waals surface area (Å²) in [6.07, 6.45) is 0. The Balaban J connectivity index is 2.74. The van der Waals surface area contributed by atoms with Gasteiger partial charge in [-0.15, -0.1) is 0 Å². The van der Waals surface area contributed by atoms with Crippen molar-refractivity contribution in [1.82, 2.24) is 5.32 Å². The number of amides is 1. The van der Waals surface area contributed by atoms with Gasteiger partial charge in [0.1, 0.15) is 0 Å². The van der Waals surface area contributed by atoms with Crippen molar-refractivity contribution in [3.8, 4) is 0 Å². The molecule has 0 fully saturated rings. The van der Waals surface area contributed by atoms with E-state index in [2.05, 4.69) is 21.2 Å². The van der Waals surface area contributed by atoms with Gasteiger partial charge in [-0.05, 0) is 18.6 Å². The van der Waals surface area contributed by atoms with Gasteiger partial charge in [0.2, 0.25) is 5.91 Å². The molecule has 0 saturated carbocycles. The molecule has 0 heterocycles. The van der Waals surface area contributed by atoms with E-state index >= 15 is 0 Å². The van der Waals surface area contributed by atoms with E-state index in [4.69, 9.17) is 11.6 Å². The number of carbonyl (C=O) groups excluding carboxylic acids is 1. The Labute approximate surface area is 96.8 Å². The van der Waals surface area contributed by atoms with Crippen LogP contribution in [0.2, 0.25) is 5.02 Å². The number of hydrogen-bond donors (Lipinski definition) is 1. The van der Waals surface area contributed by atoms with Crippen LogP contribution in [0.3, 0.4) is 0 Å². The van der Waals surface area contributed by atoms with Crippen molar-refractivity contribution in [3.05, 3.63) is 34.9 Å². The van der Waals surface area contributed by atoms with Crippen molar-refractivity contribution in [2.45, 2.75) is 13.0 Å². The molecule has 14 heavy (non-hydrogen) atoms. The number of nitrogens with one attached hydrogen (secondary N) is 1. The van der Waals surface area contributed by atoms with Gasteiger partial charge in [0, 0.05) is 5.02 Å². The van der Waals surface area contributed by atoms with E-state index in [0.29, 0.717) is 10.4 Å². The summed E-state index contributed by atoms with van der Waals surface area (Å²) in [6.45, 7) is 1.90. The van der Waals surface area contributed by atoms with Crippen LogP contribution in [0.25, 0.3) is 0 Å². The van der Waals surface area contributed by atoms with E-state index in [1.165, 1.54) is 0 Å². The first kappa shape index (κ1) is 11.5. The number of rotatable bonds is 3. The second kappa shape index (κ2) is 5.37. The van der Waals surface area contributed by atoms with Crippen molar-refractivity contribution < 1.29 is 4.79 Å². The Hall–Kier alpha value is -0.540. The van der Waals surface area contributed by atoms with E-state index in [1.807, 2.05) is 31.2 Å². The summed E-state index contributed by atoms with van der Waals surface area (Å²) >= 11 is 9.07. The average Bonchev–Trinajstić information content (AvgIpc) is 2.18. The summed E-state index contributed by atoms with van der Waals surface area (Å²) in [5, 5.41) is 3.80. The average molecular weight is 277 g/mol. The van der Waals surface area contributed by atoms with Crippen molar-refractivity contribution in [2.24, 2.45) is 0 Å². The van der Waals surface area contributed by atoms with Crippen molar-refractivity contribution >= 4 is 33.4 Å². The fraction of sp³-hybridized carbons (Fsp3) is 0.300. The second-order valence-electron chi connectivity index (χ2n) is 2.94. The maximum Gasteiger partial charge on any atom is 0.231 e.